The minimum atomic E-state index is -0.491. The number of aromatic nitrogens is 1. The first-order chi connectivity index (χ1) is 7.63. The van der Waals surface area contributed by atoms with Gasteiger partial charge in [-0.1, -0.05) is 6.08 Å². The zero-order chi connectivity index (χ0) is 12.0. The van der Waals surface area contributed by atoms with E-state index in [-0.39, 0.29) is 5.91 Å². The molecule has 1 amide bonds. The minimum Gasteiger partial charge on any atom is -0.354 e. The summed E-state index contributed by atoms with van der Waals surface area (Å²) in [5.74, 6) is -0.133. The summed E-state index contributed by atoms with van der Waals surface area (Å²) in [5.41, 5.74) is 6.63. The number of amides is 1. The van der Waals surface area contributed by atoms with E-state index in [1.54, 1.807) is 17.4 Å². The van der Waals surface area contributed by atoms with Crippen LogP contribution < -0.4 is 11.1 Å². The van der Waals surface area contributed by atoms with E-state index < -0.39 is 6.04 Å². The molecular weight excluding hydrogens is 222 g/mol. The molecule has 1 aromatic heterocycles. The Balaban J connectivity index is 2.25. The number of rotatable bonds is 6. The van der Waals surface area contributed by atoms with Gasteiger partial charge in [0.25, 0.3) is 0 Å². The largest absolute Gasteiger partial charge is 0.354 e. The first-order valence-corrected chi connectivity index (χ1v) is 6.06. The summed E-state index contributed by atoms with van der Waals surface area (Å²) in [6.45, 7) is 6.09. The predicted octanol–water partition coefficient (Wildman–Crippen LogP) is 1.01. The molecule has 0 radical (unpaired) electrons. The Kier molecular flexibility index (Phi) is 5.14. The van der Waals surface area contributed by atoms with E-state index >= 15 is 0 Å². The molecule has 0 fully saturated rings. The number of thiazole rings is 1. The normalized spacial score (nSPS) is 12.1. The van der Waals surface area contributed by atoms with Crippen LogP contribution in [-0.4, -0.2) is 23.5 Å². The predicted molar refractivity (Wildman–Crippen MR) is 66.4 cm³/mol. The first kappa shape index (κ1) is 12.9. The highest BCUT2D eigenvalue weighted by atomic mass is 32.1. The third-order valence-corrected chi connectivity index (χ3v) is 2.93. The van der Waals surface area contributed by atoms with Gasteiger partial charge >= 0.3 is 0 Å². The maximum atomic E-state index is 11.4. The number of hydrogen-bond donors (Lipinski definition) is 2. The van der Waals surface area contributed by atoms with Gasteiger partial charge in [-0.15, -0.1) is 17.9 Å². The molecule has 1 aromatic rings. The molecule has 0 saturated heterocycles. The summed E-state index contributed by atoms with van der Waals surface area (Å²) in [4.78, 5) is 15.7. The van der Waals surface area contributed by atoms with Gasteiger partial charge in [-0.25, -0.2) is 4.98 Å². The van der Waals surface area contributed by atoms with Crippen molar-refractivity contribution in [1.82, 2.24) is 10.3 Å². The Hall–Kier alpha value is -1.20. The summed E-state index contributed by atoms with van der Waals surface area (Å²) < 4.78 is 0. The van der Waals surface area contributed by atoms with Crippen molar-refractivity contribution in [2.75, 3.05) is 6.54 Å². The van der Waals surface area contributed by atoms with Crippen LogP contribution in [0.1, 0.15) is 17.1 Å². The molecule has 4 nitrogen and oxygen atoms in total. The fraction of sp³-hybridized carbons (Fsp3) is 0.455. The molecule has 3 N–H and O–H groups in total. The van der Waals surface area contributed by atoms with E-state index in [0.717, 1.165) is 17.1 Å². The van der Waals surface area contributed by atoms with Crippen molar-refractivity contribution in [3.63, 3.8) is 0 Å². The fourth-order valence-corrected chi connectivity index (χ4v) is 1.90. The average Bonchev–Trinajstić information content (AvgIpc) is 2.64. The van der Waals surface area contributed by atoms with Gasteiger partial charge in [0.05, 0.1) is 16.7 Å². The molecular formula is C11H17N3OS. The molecule has 1 heterocycles. The van der Waals surface area contributed by atoms with E-state index in [2.05, 4.69) is 16.9 Å². The number of aryl methyl sites for hydroxylation is 1. The summed E-state index contributed by atoms with van der Waals surface area (Å²) >= 11 is 1.62. The van der Waals surface area contributed by atoms with Gasteiger partial charge in [0.1, 0.15) is 0 Å². The third-order valence-electron chi connectivity index (χ3n) is 2.10. The molecule has 1 unspecified atom stereocenters. The first-order valence-electron chi connectivity index (χ1n) is 5.18. The van der Waals surface area contributed by atoms with Crippen LogP contribution in [0.15, 0.2) is 18.0 Å². The number of hydrogen-bond acceptors (Lipinski definition) is 4. The average molecular weight is 239 g/mol. The second-order valence-corrected chi connectivity index (χ2v) is 4.59. The van der Waals surface area contributed by atoms with E-state index in [1.807, 2.05) is 12.3 Å². The molecule has 0 aromatic carbocycles. The second-order valence-electron chi connectivity index (χ2n) is 3.53. The lowest BCUT2D eigenvalue weighted by Gasteiger charge is -2.09. The lowest BCUT2D eigenvalue weighted by molar-refractivity contribution is -0.122. The SMILES string of the molecule is C=CCC(N)C(=O)NCCc1csc(C)n1. The molecule has 0 spiro atoms. The van der Waals surface area contributed by atoms with Crippen LogP contribution in [-0.2, 0) is 11.2 Å². The molecule has 5 heteroatoms. The van der Waals surface area contributed by atoms with Crippen LogP contribution in [0, 0.1) is 6.92 Å². The summed E-state index contributed by atoms with van der Waals surface area (Å²) in [5, 5.41) is 5.83. The zero-order valence-electron chi connectivity index (χ0n) is 9.40. The Bertz CT molecular complexity index is 362. The molecule has 0 saturated carbocycles. The highest BCUT2D eigenvalue weighted by Crippen LogP contribution is 2.07. The van der Waals surface area contributed by atoms with Crippen molar-refractivity contribution in [1.29, 1.82) is 0 Å². The van der Waals surface area contributed by atoms with Crippen molar-refractivity contribution >= 4 is 17.2 Å². The van der Waals surface area contributed by atoms with E-state index in [4.69, 9.17) is 5.73 Å². The zero-order valence-corrected chi connectivity index (χ0v) is 10.2. The molecule has 16 heavy (non-hydrogen) atoms. The molecule has 1 atom stereocenters. The number of carbonyl (C=O) groups is 1. The second kappa shape index (κ2) is 6.40. The standard InChI is InChI=1S/C11H17N3OS/c1-3-4-10(12)11(15)13-6-5-9-7-16-8(2)14-9/h3,7,10H,1,4-6,12H2,2H3,(H,13,15). The van der Waals surface area contributed by atoms with Gasteiger partial charge in [0.15, 0.2) is 0 Å². The van der Waals surface area contributed by atoms with Crippen LogP contribution in [0.4, 0.5) is 0 Å². The Morgan fingerprint density at radius 3 is 3.12 bits per heavy atom. The number of nitrogens with one attached hydrogen (secondary N) is 1. The van der Waals surface area contributed by atoms with Gasteiger partial charge in [-0.2, -0.15) is 0 Å². The maximum absolute atomic E-state index is 11.4. The molecule has 88 valence electrons. The van der Waals surface area contributed by atoms with Gasteiger partial charge in [0.2, 0.25) is 5.91 Å². The van der Waals surface area contributed by atoms with Crippen molar-refractivity contribution in [3.05, 3.63) is 28.7 Å². The number of carbonyl (C=O) groups excluding carboxylic acids is 1. The Morgan fingerprint density at radius 1 is 1.81 bits per heavy atom. The van der Waals surface area contributed by atoms with Crippen LogP contribution in [0.5, 0.6) is 0 Å². The highest BCUT2D eigenvalue weighted by molar-refractivity contribution is 7.09. The van der Waals surface area contributed by atoms with E-state index in [0.29, 0.717) is 13.0 Å². The number of nitrogens with zero attached hydrogens (tertiary/aromatic N) is 1. The van der Waals surface area contributed by atoms with Crippen molar-refractivity contribution in [2.45, 2.75) is 25.8 Å². The molecule has 1 rings (SSSR count). The fourth-order valence-electron chi connectivity index (χ4n) is 1.25. The van der Waals surface area contributed by atoms with Crippen molar-refractivity contribution in [2.24, 2.45) is 5.73 Å². The van der Waals surface area contributed by atoms with Gasteiger partial charge < -0.3 is 11.1 Å². The summed E-state index contributed by atoms with van der Waals surface area (Å²) in [6, 6.07) is -0.491. The minimum absolute atomic E-state index is 0.133. The highest BCUT2D eigenvalue weighted by Gasteiger charge is 2.10. The monoisotopic (exact) mass is 239 g/mol. The van der Waals surface area contributed by atoms with Crippen molar-refractivity contribution < 1.29 is 4.79 Å². The topological polar surface area (TPSA) is 68.0 Å². The quantitative estimate of drug-likeness (QED) is 0.728. The smallest absolute Gasteiger partial charge is 0.237 e. The van der Waals surface area contributed by atoms with Gasteiger partial charge in [-0.3, -0.25) is 4.79 Å². The van der Waals surface area contributed by atoms with Crippen LogP contribution in [0.3, 0.4) is 0 Å². The Morgan fingerprint density at radius 2 is 2.56 bits per heavy atom. The lowest BCUT2D eigenvalue weighted by atomic mass is 10.2. The number of nitrogens with two attached hydrogens (primary N) is 1. The van der Waals surface area contributed by atoms with Crippen molar-refractivity contribution in [3.8, 4) is 0 Å². The summed E-state index contributed by atoms with van der Waals surface area (Å²) in [6.07, 6.45) is 2.90. The van der Waals surface area contributed by atoms with Gasteiger partial charge in [-0.05, 0) is 13.3 Å². The molecule has 0 aliphatic heterocycles. The molecule has 0 bridgehead atoms. The van der Waals surface area contributed by atoms with Crippen LogP contribution >= 0.6 is 11.3 Å². The van der Waals surface area contributed by atoms with Crippen LogP contribution in [0.2, 0.25) is 0 Å². The third kappa shape index (κ3) is 4.12. The van der Waals surface area contributed by atoms with Crippen LogP contribution in [0.25, 0.3) is 0 Å². The summed E-state index contributed by atoms with van der Waals surface area (Å²) in [7, 11) is 0. The van der Waals surface area contributed by atoms with Gasteiger partial charge in [0, 0.05) is 18.3 Å². The Labute approximate surface area is 99.6 Å². The lowest BCUT2D eigenvalue weighted by Crippen LogP contribution is -2.40. The molecule has 0 aliphatic rings. The maximum Gasteiger partial charge on any atom is 0.237 e. The van der Waals surface area contributed by atoms with E-state index in [9.17, 15) is 4.79 Å². The molecule has 0 aliphatic carbocycles. The van der Waals surface area contributed by atoms with E-state index in [1.165, 1.54) is 0 Å².